The van der Waals surface area contributed by atoms with Gasteiger partial charge < -0.3 is 10.5 Å². The van der Waals surface area contributed by atoms with Crippen molar-refractivity contribution in [2.75, 3.05) is 7.11 Å². The predicted octanol–water partition coefficient (Wildman–Crippen LogP) is 1.95. The minimum atomic E-state index is -0.411. The third-order valence-electron chi connectivity index (χ3n) is 2.35. The Hall–Kier alpha value is -2.03. The SMILES string of the molecule is COc1ccc2c(C(N)=O)cccc2c1. The fraction of sp³-hybridized carbons (Fsp3) is 0.0833. The van der Waals surface area contributed by atoms with E-state index in [1.54, 1.807) is 13.2 Å². The molecule has 2 N–H and O–H groups in total. The Balaban J connectivity index is 2.72. The van der Waals surface area contributed by atoms with Crippen LogP contribution in [0.2, 0.25) is 0 Å². The maximum atomic E-state index is 11.2. The molecular weight excluding hydrogens is 190 g/mol. The molecule has 0 spiro atoms. The summed E-state index contributed by atoms with van der Waals surface area (Å²) in [6.45, 7) is 0. The molecule has 0 heterocycles. The molecular formula is C12H11NO2. The van der Waals surface area contributed by atoms with E-state index in [2.05, 4.69) is 0 Å². The molecule has 0 aromatic heterocycles. The molecule has 0 aliphatic heterocycles. The van der Waals surface area contributed by atoms with Gasteiger partial charge in [0, 0.05) is 5.56 Å². The first-order chi connectivity index (χ1) is 7.22. The van der Waals surface area contributed by atoms with Crippen molar-refractivity contribution >= 4 is 16.7 Å². The fourth-order valence-corrected chi connectivity index (χ4v) is 1.60. The van der Waals surface area contributed by atoms with Crippen LogP contribution in [0, 0.1) is 0 Å². The second kappa shape index (κ2) is 3.61. The van der Waals surface area contributed by atoms with Gasteiger partial charge >= 0.3 is 0 Å². The lowest BCUT2D eigenvalue weighted by Crippen LogP contribution is -2.11. The average Bonchev–Trinajstić information content (AvgIpc) is 2.27. The van der Waals surface area contributed by atoms with Gasteiger partial charge in [0.2, 0.25) is 5.91 Å². The molecule has 1 amide bonds. The number of amides is 1. The summed E-state index contributed by atoms with van der Waals surface area (Å²) in [6.07, 6.45) is 0. The Labute approximate surface area is 87.5 Å². The molecule has 0 aliphatic carbocycles. The maximum absolute atomic E-state index is 11.2. The monoisotopic (exact) mass is 201 g/mol. The maximum Gasteiger partial charge on any atom is 0.249 e. The quantitative estimate of drug-likeness (QED) is 0.807. The topological polar surface area (TPSA) is 52.3 Å². The highest BCUT2D eigenvalue weighted by Crippen LogP contribution is 2.23. The first kappa shape index (κ1) is 9.52. The molecule has 0 atom stereocenters. The normalized spacial score (nSPS) is 10.2. The van der Waals surface area contributed by atoms with Gasteiger partial charge in [-0.05, 0) is 35.0 Å². The molecule has 0 unspecified atom stereocenters. The van der Waals surface area contributed by atoms with Crippen LogP contribution < -0.4 is 10.5 Å². The minimum Gasteiger partial charge on any atom is -0.497 e. The van der Waals surface area contributed by atoms with Crippen molar-refractivity contribution in [1.82, 2.24) is 0 Å². The predicted molar refractivity (Wildman–Crippen MR) is 59.0 cm³/mol. The molecule has 0 fully saturated rings. The van der Waals surface area contributed by atoms with Crippen molar-refractivity contribution in [2.45, 2.75) is 0 Å². The molecule has 2 aromatic carbocycles. The van der Waals surface area contributed by atoms with Crippen molar-refractivity contribution in [3.63, 3.8) is 0 Å². The molecule has 0 radical (unpaired) electrons. The summed E-state index contributed by atoms with van der Waals surface area (Å²) in [5.74, 6) is 0.356. The van der Waals surface area contributed by atoms with Crippen LogP contribution in [0.3, 0.4) is 0 Å². The summed E-state index contributed by atoms with van der Waals surface area (Å²) >= 11 is 0. The van der Waals surface area contributed by atoms with E-state index in [4.69, 9.17) is 10.5 Å². The molecule has 3 heteroatoms. The standard InChI is InChI=1S/C12H11NO2/c1-15-9-5-6-10-8(7-9)3-2-4-11(10)12(13)14/h2-7H,1H3,(H2,13,14). The average molecular weight is 201 g/mol. The third-order valence-corrected chi connectivity index (χ3v) is 2.35. The van der Waals surface area contributed by atoms with Gasteiger partial charge in [-0.25, -0.2) is 0 Å². The minimum absolute atomic E-state index is 0.411. The van der Waals surface area contributed by atoms with E-state index < -0.39 is 5.91 Å². The van der Waals surface area contributed by atoms with E-state index in [-0.39, 0.29) is 0 Å². The van der Waals surface area contributed by atoms with Crippen LogP contribution in [-0.2, 0) is 0 Å². The van der Waals surface area contributed by atoms with Crippen LogP contribution in [0.15, 0.2) is 36.4 Å². The zero-order chi connectivity index (χ0) is 10.8. The number of hydrogen-bond acceptors (Lipinski definition) is 2. The van der Waals surface area contributed by atoms with Gasteiger partial charge in [0.25, 0.3) is 0 Å². The molecule has 0 saturated carbocycles. The third kappa shape index (κ3) is 1.64. The number of methoxy groups -OCH3 is 1. The molecule has 2 rings (SSSR count). The number of rotatable bonds is 2. The Kier molecular flexibility index (Phi) is 2.29. The molecule has 3 nitrogen and oxygen atoms in total. The first-order valence-corrected chi connectivity index (χ1v) is 4.59. The number of benzene rings is 2. The molecule has 0 saturated heterocycles. The number of carbonyl (C=O) groups is 1. The number of fused-ring (bicyclic) bond motifs is 1. The van der Waals surface area contributed by atoms with Gasteiger partial charge in [0.05, 0.1) is 7.11 Å². The Morgan fingerprint density at radius 3 is 2.73 bits per heavy atom. The Morgan fingerprint density at radius 1 is 1.27 bits per heavy atom. The van der Waals surface area contributed by atoms with Gasteiger partial charge in [-0.15, -0.1) is 0 Å². The summed E-state index contributed by atoms with van der Waals surface area (Å²) in [6, 6.07) is 11.0. The van der Waals surface area contributed by atoms with Crippen LogP contribution in [-0.4, -0.2) is 13.0 Å². The Morgan fingerprint density at radius 2 is 2.07 bits per heavy atom. The van der Waals surface area contributed by atoms with Crippen LogP contribution in [0.4, 0.5) is 0 Å². The molecule has 0 bridgehead atoms. The summed E-state index contributed by atoms with van der Waals surface area (Å²) in [5.41, 5.74) is 5.82. The summed E-state index contributed by atoms with van der Waals surface area (Å²) in [5, 5.41) is 1.80. The molecule has 76 valence electrons. The molecule has 2 aromatic rings. The van der Waals surface area contributed by atoms with Crippen molar-refractivity contribution in [1.29, 1.82) is 0 Å². The van der Waals surface area contributed by atoms with E-state index in [0.717, 1.165) is 16.5 Å². The van der Waals surface area contributed by atoms with Crippen molar-refractivity contribution in [3.05, 3.63) is 42.0 Å². The van der Waals surface area contributed by atoms with Crippen molar-refractivity contribution in [2.24, 2.45) is 5.73 Å². The number of carbonyl (C=O) groups excluding carboxylic acids is 1. The lowest BCUT2D eigenvalue weighted by molar-refractivity contribution is 0.100. The van der Waals surface area contributed by atoms with Gasteiger partial charge in [-0.1, -0.05) is 12.1 Å². The summed E-state index contributed by atoms with van der Waals surface area (Å²) in [4.78, 5) is 11.2. The largest absolute Gasteiger partial charge is 0.497 e. The number of primary amides is 1. The lowest BCUT2D eigenvalue weighted by atomic mass is 10.0. The second-order valence-corrected chi connectivity index (χ2v) is 3.26. The highest BCUT2D eigenvalue weighted by molar-refractivity contribution is 6.06. The van der Waals surface area contributed by atoms with Gasteiger partial charge in [0.1, 0.15) is 5.75 Å². The van der Waals surface area contributed by atoms with Gasteiger partial charge in [0.15, 0.2) is 0 Å². The lowest BCUT2D eigenvalue weighted by Gasteiger charge is -2.05. The van der Waals surface area contributed by atoms with E-state index in [1.165, 1.54) is 0 Å². The van der Waals surface area contributed by atoms with Crippen LogP contribution in [0.1, 0.15) is 10.4 Å². The van der Waals surface area contributed by atoms with Gasteiger partial charge in [-0.3, -0.25) is 4.79 Å². The first-order valence-electron chi connectivity index (χ1n) is 4.59. The summed E-state index contributed by atoms with van der Waals surface area (Å²) < 4.78 is 5.11. The van der Waals surface area contributed by atoms with Crippen LogP contribution >= 0.6 is 0 Å². The van der Waals surface area contributed by atoms with E-state index >= 15 is 0 Å². The highest BCUT2D eigenvalue weighted by Gasteiger charge is 2.05. The van der Waals surface area contributed by atoms with E-state index in [1.807, 2.05) is 30.3 Å². The zero-order valence-corrected chi connectivity index (χ0v) is 8.36. The Bertz CT molecular complexity index is 520. The van der Waals surface area contributed by atoms with E-state index in [0.29, 0.717) is 5.56 Å². The second-order valence-electron chi connectivity index (χ2n) is 3.26. The zero-order valence-electron chi connectivity index (χ0n) is 8.36. The molecule has 0 aliphatic rings. The van der Waals surface area contributed by atoms with Crippen molar-refractivity contribution < 1.29 is 9.53 Å². The number of ether oxygens (including phenoxy) is 1. The van der Waals surface area contributed by atoms with E-state index in [9.17, 15) is 4.79 Å². The molecule has 15 heavy (non-hydrogen) atoms. The smallest absolute Gasteiger partial charge is 0.249 e. The number of nitrogens with two attached hydrogens (primary N) is 1. The van der Waals surface area contributed by atoms with Crippen LogP contribution in [0.5, 0.6) is 5.75 Å². The van der Waals surface area contributed by atoms with Gasteiger partial charge in [-0.2, -0.15) is 0 Å². The number of hydrogen-bond donors (Lipinski definition) is 1. The highest BCUT2D eigenvalue weighted by atomic mass is 16.5. The summed E-state index contributed by atoms with van der Waals surface area (Å²) in [7, 11) is 1.61. The van der Waals surface area contributed by atoms with Crippen molar-refractivity contribution in [3.8, 4) is 5.75 Å². The van der Waals surface area contributed by atoms with Crippen LogP contribution in [0.25, 0.3) is 10.8 Å². The fourth-order valence-electron chi connectivity index (χ4n) is 1.60.